The van der Waals surface area contributed by atoms with Gasteiger partial charge in [0, 0.05) is 5.92 Å². The third-order valence-electron chi connectivity index (χ3n) is 2.47. The second kappa shape index (κ2) is 6.51. The van der Waals surface area contributed by atoms with E-state index >= 15 is 0 Å². The lowest BCUT2D eigenvalue weighted by Gasteiger charge is -2.08. The van der Waals surface area contributed by atoms with Crippen LogP contribution in [0.4, 0.5) is 4.79 Å². The van der Waals surface area contributed by atoms with Crippen molar-refractivity contribution >= 4 is 22.0 Å². The summed E-state index contributed by atoms with van der Waals surface area (Å²) in [6, 6.07) is 5.17. The van der Waals surface area contributed by atoms with E-state index in [0.29, 0.717) is 0 Å². The molecular weight excluding hydrogens is 280 g/mol. The molecule has 0 aromatic heterocycles. The number of sulfonamides is 1. The number of carbonyl (C=O) groups is 1. The number of ether oxygens (including phenoxy) is 1. The Morgan fingerprint density at radius 3 is 2.25 bits per heavy atom. The molecule has 1 rings (SSSR count). The number of urea groups is 1. The average molecular weight is 298 g/mol. The molecule has 0 spiro atoms. The van der Waals surface area contributed by atoms with Gasteiger partial charge >= 0.3 is 6.03 Å². The van der Waals surface area contributed by atoms with Crippen molar-refractivity contribution in [2.45, 2.75) is 25.7 Å². The maximum absolute atomic E-state index is 12.0. The molecule has 0 aliphatic carbocycles. The average Bonchev–Trinajstić information content (AvgIpc) is 2.35. The fraction of sp³-hybridized carbons (Fsp3) is 0.385. The van der Waals surface area contributed by atoms with E-state index in [4.69, 9.17) is 4.74 Å². The molecule has 0 aliphatic rings. The van der Waals surface area contributed by atoms with Crippen molar-refractivity contribution in [3.8, 4) is 0 Å². The lowest BCUT2D eigenvalue weighted by Crippen LogP contribution is -2.29. The summed E-state index contributed by atoms with van der Waals surface area (Å²) in [4.78, 5) is 15.2. The van der Waals surface area contributed by atoms with Gasteiger partial charge in [-0.2, -0.15) is 4.99 Å². The lowest BCUT2D eigenvalue weighted by molar-refractivity contribution is 0.252. The van der Waals surface area contributed by atoms with Crippen molar-refractivity contribution < 1.29 is 17.9 Å². The fourth-order valence-corrected chi connectivity index (χ4v) is 2.31. The molecule has 0 radical (unpaired) electrons. The Kier molecular flexibility index (Phi) is 5.26. The molecule has 0 atom stereocenters. The number of nitrogens with zero attached hydrogens (tertiary/aromatic N) is 1. The first-order valence-corrected chi connectivity index (χ1v) is 7.50. The molecule has 0 fully saturated rings. The van der Waals surface area contributed by atoms with Crippen molar-refractivity contribution in [1.82, 2.24) is 4.72 Å². The molecule has 1 aromatic carbocycles. The van der Waals surface area contributed by atoms with Crippen LogP contribution in [-0.2, 0) is 14.8 Å². The molecule has 0 unspecified atom stereocenters. The minimum atomic E-state index is -3.92. The molecule has 110 valence electrons. The molecule has 1 N–H and O–H groups in total. The highest BCUT2D eigenvalue weighted by molar-refractivity contribution is 7.90. The van der Waals surface area contributed by atoms with Crippen LogP contribution in [0, 0.1) is 12.8 Å². The summed E-state index contributed by atoms with van der Waals surface area (Å²) in [7, 11) is -2.54. The van der Waals surface area contributed by atoms with Crippen LogP contribution in [0.1, 0.15) is 19.4 Å². The number of hydrogen-bond donors (Lipinski definition) is 1. The van der Waals surface area contributed by atoms with Gasteiger partial charge in [0.1, 0.15) is 0 Å². The predicted octanol–water partition coefficient (Wildman–Crippen LogP) is 2.09. The maximum atomic E-state index is 12.0. The van der Waals surface area contributed by atoms with Crippen LogP contribution in [0.5, 0.6) is 0 Å². The van der Waals surface area contributed by atoms with E-state index in [1.807, 2.05) is 11.6 Å². The number of nitrogens with one attached hydrogen (secondary N) is 1. The molecule has 2 amide bonds. The molecule has 20 heavy (non-hydrogen) atoms. The molecule has 0 saturated heterocycles. The second-order valence-corrected chi connectivity index (χ2v) is 6.21. The highest BCUT2D eigenvalue weighted by Gasteiger charge is 2.18. The smallest absolute Gasteiger partial charge is 0.357 e. The van der Waals surface area contributed by atoms with Gasteiger partial charge in [-0.05, 0) is 19.1 Å². The van der Waals surface area contributed by atoms with E-state index in [1.165, 1.54) is 19.2 Å². The fourth-order valence-electron chi connectivity index (χ4n) is 1.42. The number of amides is 2. The topological polar surface area (TPSA) is 84.8 Å². The third kappa shape index (κ3) is 4.34. The van der Waals surface area contributed by atoms with E-state index in [2.05, 4.69) is 4.99 Å². The Morgan fingerprint density at radius 2 is 1.80 bits per heavy atom. The molecule has 0 saturated carbocycles. The summed E-state index contributed by atoms with van der Waals surface area (Å²) in [5, 5.41) is 0. The van der Waals surface area contributed by atoms with Gasteiger partial charge in [0.05, 0.1) is 12.0 Å². The van der Waals surface area contributed by atoms with E-state index in [9.17, 15) is 13.2 Å². The normalized spacial score (nSPS) is 12.3. The Labute approximate surface area is 118 Å². The molecular formula is C13H18N2O4S. The quantitative estimate of drug-likeness (QED) is 0.684. The van der Waals surface area contributed by atoms with E-state index < -0.39 is 16.1 Å². The number of rotatable bonds is 3. The van der Waals surface area contributed by atoms with Crippen LogP contribution >= 0.6 is 0 Å². The molecule has 0 bridgehead atoms. The summed E-state index contributed by atoms with van der Waals surface area (Å²) >= 11 is 0. The van der Waals surface area contributed by atoms with Crippen LogP contribution < -0.4 is 4.72 Å². The van der Waals surface area contributed by atoms with E-state index in [-0.39, 0.29) is 16.7 Å². The van der Waals surface area contributed by atoms with Crippen LogP contribution in [0.15, 0.2) is 34.2 Å². The number of carbonyl (C=O) groups excluding carboxylic acids is 1. The molecule has 0 aliphatic heterocycles. The van der Waals surface area contributed by atoms with Crippen molar-refractivity contribution in [1.29, 1.82) is 0 Å². The van der Waals surface area contributed by atoms with Crippen LogP contribution in [-0.4, -0.2) is 27.5 Å². The van der Waals surface area contributed by atoms with Gasteiger partial charge in [-0.25, -0.2) is 17.9 Å². The van der Waals surface area contributed by atoms with Gasteiger partial charge in [0.2, 0.25) is 0 Å². The van der Waals surface area contributed by atoms with Crippen molar-refractivity contribution in [3.05, 3.63) is 29.8 Å². The van der Waals surface area contributed by atoms with Crippen molar-refractivity contribution in [2.75, 3.05) is 7.11 Å². The van der Waals surface area contributed by atoms with Gasteiger partial charge in [-0.15, -0.1) is 0 Å². The van der Waals surface area contributed by atoms with Gasteiger partial charge in [0.25, 0.3) is 10.0 Å². The van der Waals surface area contributed by atoms with Crippen molar-refractivity contribution in [2.24, 2.45) is 10.9 Å². The molecule has 6 nitrogen and oxygen atoms in total. The largest absolute Gasteiger partial charge is 0.484 e. The first-order chi connectivity index (χ1) is 9.26. The summed E-state index contributed by atoms with van der Waals surface area (Å²) in [6.07, 6.45) is 0. The zero-order valence-electron chi connectivity index (χ0n) is 11.9. The SMILES string of the molecule is CO/C(=N/C(=O)NS(=O)(=O)c1ccc(C)cc1)C(C)C. The summed E-state index contributed by atoms with van der Waals surface area (Å²) in [5.41, 5.74) is 0.926. The van der Waals surface area contributed by atoms with Gasteiger partial charge < -0.3 is 4.74 Å². The molecule has 7 heteroatoms. The highest BCUT2D eigenvalue weighted by Crippen LogP contribution is 2.10. The summed E-state index contributed by atoms with van der Waals surface area (Å²) in [6.45, 7) is 5.40. The van der Waals surface area contributed by atoms with Crippen LogP contribution in [0.25, 0.3) is 0 Å². The lowest BCUT2D eigenvalue weighted by atomic mass is 10.2. The molecule has 0 heterocycles. The highest BCUT2D eigenvalue weighted by atomic mass is 32.2. The Balaban J connectivity index is 2.91. The first kappa shape index (κ1) is 16.2. The number of hydrogen-bond acceptors (Lipinski definition) is 4. The number of methoxy groups -OCH3 is 1. The number of aliphatic imine (C=N–C) groups is 1. The summed E-state index contributed by atoms with van der Waals surface area (Å²) < 4.78 is 30.7. The summed E-state index contributed by atoms with van der Waals surface area (Å²) in [5.74, 6) is 0.0504. The minimum absolute atomic E-state index is 0.00941. The van der Waals surface area contributed by atoms with Gasteiger partial charge in [-0.1, -0.05) is 31.5 Å². The van der Waals surface area contributed by atoms with Gasteiger partial charge in [-0.3, -0.25) is 0 Å². The minimum Gasteiger partial charge on any atom is -0.484 e. The number of aryl methyl sites for hydroxylation is 1. The van der Waals surface area contributed by atoms with E-state index in [1.54, 1.807) is 26.0 Å². The Hall–Kier alpha value is -1.89. The van der Waals surface area contributed by atoms with Crippen LogP contribution in [0.3, 0.4) is 0 Å². The predicted molar refractivity (Wildman–Crippen MR) is 76.2 cm³/mol. The zero-order chi connectivity index (χ0) is 15.3. The Morgan fingerprint density at radius 1 is 1.25 bits per heavy atom. The van der Waals surface area contributed by atoms with E-state index in [0.717, 1.165) is 5.56 Å². The second-order valence-electron chi connectivity index (χ2n) is 4.53. The zero-order valence-corrected chi connectivity index (χ0v) is 12.7. The Bertz CT molecular complexity index is 604. The molecule has 1 aromatic rings. The monoisotopic (exact) mass is 298 g/mol. The van der Waals surface area contributed by atoms with Crippen molar-refractivity contribution in [3.63, 3.8) is 0 Å². The van der Waals surface area contributed by atoms with Crippen LogP contribution in [0.2, 0.25) is 0 Å². The third-order valence-corrected chi connectivity index (χ3v) is 3.80. The van der Waals surface area contributed by atoms with Gasteiger partial charge in [0.15, 0.2) is 5.90 Å². The number of benzene rings is 1. The standard InChI is InChI=1S/C13H18N2O4S/c1-9(2)12(19-4)14-13(16)15-20(17,18)11-7-5-10(3)6-8-11/h5-9H,1-4H3,(H,15,16)/b14-12+. The maximum Gasteiger partial charge on any atom is 0.357 e. The first-order valence-electron chi connectivity index (χ1n) is 6.02.